The van der Waals surface area contributed by atoms with Crippen molar-refractivity contribution in [3.63, 3.8) is 0 Å². The summed E-state index contributed by atoms with van der Waals surface area (Å²) in [5.74, 6) is 0. The van der Waals surface area contributed by atoms with Gasteiger partial charge in [-0.1, -0.05) is 28.1 Å². The second-order valence-corrected chi connectivity index (χ2v) is 5.30. The number of hydrogen-bond donors (Lipinski definition) is 2. The van der Waals surface area contributed by atoms with Crippen LogP contribution in [-0.2, 0) is 6.54 Å². The van der Waals surface area contributed by atoms with Crippen LogP contribution in [0.2, 0.25) is 0 Å². The Morgan fingerprint density at radius 3 is 2.81 bits per heavy atom. The van der Waals surface area contributed by atoms with E-state index in [0.29, 0.717) is 6.04 Å². The summed E-state index contributed by atoms with van der Waals surface area (Å²) >= 11 is 3.45. The highest BCUT2D eigenvalue weighted by Crippen LogP contribution is 2.11. The molecule has 1 saturated heterocycles. The van der Waals surface area contributed by atoms with Gasteiger partial charge in [-0.25, -0.2) is 0 Å². The maximum absolute atomic E-state index is 3.64. The lowest BCUT2D eigenvalue weighted by atomic mass is 10.1. The summed E-state index contributed by atoms with van der Waals surface area (Å²) < 4.78 is 1.15. The molecule has 0 saturated carbocycles. The molecular formula is C13H19BrN2. The summed E-state index contributed by atoms with van der Waals surface area (Å²) in [5.41, 5.74) is 1.36. The third-order valence-electron chi connectivity index (χ3n) is 3.08. The highest BCUT2D eigenvalue weighted by molar-refractivity contribution is 9.10. The molecule has 1 atom stereocenters. The number of benzene rings is 1. The normalized spacial score (nSPS) is 21.7. The van der Waals surface area contributed by atoms with Crippen LogP contribution >= 0.6 is 15.9 Å². The molecule has 0 aromatic heterocycles. The molecule has 1 aromatic carbocycles. The fourth-order valence-electron chi connectivity index (χ4n) is 2.09. The summed E-state index contributed by atoms with van der Waals surface area (Å²) in [4.78, 5) is 0. The lowest BCUT2D eigenvalue weighted by molar-refractivity contribution is 0.468. The van der Waals surface area contributed by atoms with Crippen LogP contribution in [0.15, 0.2) is 28.7 Å². The van der Waals surface area contributed by atoms with Gasteiger partial charge in [-0.2, -0.15) is 0 Å². The smallest absolute Gasteiger partial charge is 0.0208 e. The summed E-state index contributed by atoms with van der Waals surface area (Å²) in [5, 5.41) is 7.08. The van der Waals surface area contributed by atoms with Crippen molar-refractivity contribution >= 4 is 15.9 Å². The first-order chi connectivity index (χ1) is 7.84. The number of halogens is 1. The van der Waals surface area contributed by atoms with Gasteiger partial charge in [0.2, 0.25) is 0 Å². The first-order valence-corrected chi connectivity index (χ1v) is 6.82. The quantitative estimate of drug-likeness (QED) is 0.891. The SMILES string of the molecule is Brc1ccc(CNC2CCCNCC2)cc1. The van der Waals surface area contributed by atoms with E-state index in [1.54, 1.807) is 0 Å². The lowest BCUT2D eigenvalue weighted by Crippen LogP contribution is -2.29. The van der Waals surface area contributed by atoms with Gasteiger partial charge in [0.1, 0.15) is 0 Å². The predicted octanol–water partition coefficient (Wildman–Crippen LogP) is 2.68. The van der Waals surface area contributed by atoms with Gasteiger partial charge >= 0.3 is 0 Å². The molecule has 1 fully saturated rings. The molecule has 0 aliphatic carbocycles. The summed E-state index contributed by atoms with van der Waals surface area (Å²) in [7, 11) is 0. The van der Waals surface area contributed by atoms with Gasteiger partial charge in [-0.05, 0) is 50.0 Å². The van der Waals surface area contributed by atoms with Crippen LogP contribution in [0.25, 0.3) is 0 Å². The van der Waals surface area contributed by atoms with E-state index in [4.69, 9.17) is 0 Å². The fourth-order valence-corrected chi connectivity index (χ4v) is 2.35. The lowest BCUT2D eigenvalue weighted by Gasteiger charge is -2.15. The molecular weight excluding hydrogens is 264 g/mol. The van der Waals surface area contributed by atoms with Crippen LogP contribution < -0.4 is 10.6 Å². The Balaban J connectivity index is 1.79. The van der Waals surface area contributed by atoms with Crippen molar-refractivity contribution in [2.75, 3.05) is 13.1 Å². The highest BCUT2D eigenvalue weighted by atomic mass is 79.9. The van der Waals surface area contributed by atoms with Crippen molar-refractivity contribution in [2.45, 2.75) is 31.8 Å². The van der Waals surface area contributed by atoms with Gasteiger partial charge in [0, 0.05) is 17.1 Å². The highest BCUT2D eigenvalue weighted by Gasteiger charge is 2.10. The Morgan fingerprint density at radius 2 is 2.00 bits per heavy atom. The van der Waals surface area contributed by atoms with E-state index in [2.05, 4.69) is 50.8 Å². The van der Waals surface area contributed by atoms with Gasteiger partial charge in [-0.3, -0.25) is 0 Å². The summed E-state index contributed by atoms with van der Waals surface area (Å²) in [6.45, 7) is 3.31. The molecule has 1 heterocycles. The molecule has 16 heavy (non-hydrogen) atoms. The number of nitrogens with one attached hydrogen (secondary N) is 2. The predicted molar refractivity (Wildman–Crippen MR) is 71.5 cm³/mol. The van der Waals surface area contributed by atoms with Crippen molar-refractivity contribution in [1.82, 2.24) is 10.6 Å². The molecule has 2 rings (SSSR count). The Morgan fingerprint density at radius 1 is 1.19 bits per heavy atom. The maximum Gasteiger partial charge on any atom is 0.0208 e. The van der Waals surface area contributed by atoms with Crippen LogP contribution in [-0.4, -0.2) is 19.1 Å². The van der Waals surface area contributed by atoms with Gasteiger partial charge < -0.3 is 10.6 Å². The summed E-state index contributed by atoms with van der Waals surface area (Å²) in [6, 6.07) is 9.23. The second-order valence-electron chi connectivity index (χ2n) is 4.39. The van der Waals surface area contributed by atoms with E-state index in [1.165, 1.54) is 31.4 Å². The zero-order chi connectivity index (χ0) is 11.2. The van der Waals surface area contributed by atoms with E-state index < -0.39 is 0 Å². The first-order valence-electron chi connectivity index (χ1n) is 6.03. The molecule has 2 nitrogen and oxygen atoms in total. The summed E-state index contributed by atoms with van der Waals surface area (Å²) in [6.07, 6.45) is 3.83. The molecule has 1 aliphatic heterocycles. The van der Waals surface area contributed by atoms with Gasteiger partial charge in [0.05, 0.1) is 0 Å². The molecule has 1 unspecified atom stereocenters. The van der Waals surface area contributed by atoms with Crippen molar-refractivity contribution in [1.29, 1.82) is 0 Å². The largest absolute Gasteiger partial charge is 0.317 e. The van der Waals surface area contributed by atoms with E-state index in [1.807, 2.05) is 0 Å². The zero-order valence-electron chi connectivity index (χ0n) is 9.51. The van der Waals surface area contributed by atoms with Gasteiger partial charge in [0.15, 0.2) is 0 Å². The second kappa shape index (κ2) is 6.38. The van der Waals surface area contributed by atoms with Crippen molar-refractivity contribution < 1.29 is 0 Å². The van der Waals surface area contributed by atoms with E-state index in [-0.39, 0.29) is 0 Å². The maximum atomic E-state index is 3.64. The Kier molecular flexibility index (Phi) is 4.82. The van der Waals surface area contributed by atoms with Gasteiger partial charge in [-0.15, -0.1) is 0 Å². The van der Waals surface area contributed by atoms with Crippen molar-refractivity contribution in [2.24, 2.45) is 0 Å². The van der Waals surface area contributed by atoms with Crippen LogP contribution in [0.3, 0.4) is 0 Å². The van der Waals surface area contributed by atoms with Crippen molar-refractivity contribution in [3.8, 4) is 0 Å². The third kappa shape index (κ3) is 3.89. The average Bonchev–Trinajstić information content (AvgIpc) is 2.57. The minimum absolute atomic E-state index is 0.679. The Bertz CT molecular complexity index is 302. The standard InChI is InChI=1S/C13H19BrN2/c14-12-5-3-11(4-6-12)10-16-13-2-1-8-15-9-7-13/h3-6,13,15-16H,1-2,7-10H2. The average molecular weight is 283 g/mol. The Hall–Kier alpha value is -0.380. The van der Waals surface area contributed by atoms with Crippen LogP contribution in [0.1, 0.15) is 24.8 Å². The molecule has 0 amide bonds. The van der Waals surface area contributed by atoms with E-state index >= 15 is 0 Å². The molecule has 0 spiro atoms. The van der Waals surface area contributed by atoms with E-state index in [0.717, 1.165) is 17.6 Å². The molecule has 1 aliphatic rings. The molecule has 88 valence electrons. The van der Waals surface area contributed by atoms with E-state index in [9.17, 15) is 0 Å². The molecule has 2 N–H and O–H groups in total. The van der Waals surface area contributed by atoms with Gasteiger partial charge in [0.25, 0.3) is 0 Å². The first kappa shape index (κ1) is 12.1. The topological polar surface area (TPSA) is 24.1 Å². The zero-order valence-corrected chi connectivity index (χ0v) is 11.1. The Labute approximate surface area is 106 Å². The van der Waals surface area contributed by atoms with Crippen LogP contribution in [0, 0.1) is 0 Å². The van der Waals surface area contributed by atoms with Crippen LogP contribution in [0.5, 0.6) is 0 Å². The van der Waals surface area contributed by atoms with Crippen molar-refractivity contribution in [3.05, 3.63) is 34.3 Å². The fraction of sp³-hybridized carbons (Fsp3) is 0.538. The number of rotatable bonds is 3. The minimum atomic E-state index is 0.679. The molecule has 0 bridgehead atoms. The molecule has 0 radical (unpaired) electrons. The minimum Gasteiger partial charge on any atom is -0.317 e. The van der Waals surface area contributed by atoms with Crippen LogP contribution in [0.4, 0.5) is 0 Å². The monoisotopic (exact) mass is 282 g/mol. The number of hydrogen-bond acceptors (Lipinski definition) is 2. The molecule has 3 heteroatoms. The molecule has 1 aromatic rings. The third-order valence-corrected chi connectivity index (χ3v) is 3.61.